The Bertz CT molecular complexity index is 620. The Kier molecular flexibility index (Phi) is 3.50. The number of nitrogens with zero attached hydrogens (tertiary/aromatic N) is 1. The van der Waals surface area contributed by atoms with Crippen molar-refractivity contribution in [3.8, 4) is 0 Å². The van der Waals surface area contributed by atoms with E-state index in [0.717, 1.165) is 23.6 Å². The monoisotopic (exact) mass is 262 g/mol. The summed E-state index contributed by atoms with van der Waals surface area (Å²) in [5, 5.41) is 11.9. The minimum atomic E-state index is -1.40. The predicted octanol–water partition coefficient (Wildman–Crippen LogP) is 2.09. The molecule has 2 aromatic rings. The zero-order valence-electron chi connectivity index (χ0n) is 10.6. The van der Waals surface area contributed by atoms with Crippen molar-refractivity contribution in [2.45, 2.75) is 18.9 Å². The Morgan fingerprint density at radius 3 is 2.74 bits per heavy atom. The van der Waals surface area contributed by atoms with Crippen LogP contribution >= 0.6 is 0 Å². The van der Waals surface area contributed by atoms with E-state index in [9.17, 15) is 14.9 Å². The molecule has 100 valence electrons. The molecule has 0 saturated heterocycles. The predicted molar refractivity (Wildman–Crippen MR) is 69.5 cm³/mol. The fourth-order valence-corrected chi connectivity index (χ4v) is 2.23. The van der Waals surface area contributed by atoms with Crippen LogP contribution in [0.2, 0.25) is 0 Å². The molecule has 0 radical (unpaired) electrons. The highest BCUT2D eigenvalue weighted by molar-refractivity contribution is 5.85. The lowest BCUT2D eigenvalue weighted by Crippen LogP contribution is -2.35. The number of H-pyrrole nitrogens is 1. The standard InChI is InChI=1S/C13H14N2O4/c1-8(12(15(17)18)13(16)19-2)10-7-14-11-6-4-3-5-9(10)11/h3-8,12,14H,1-2H3/t8-,12-/m0/s1. The molecule has 0 amide bonds. The van der Waals surface area contributed by atoms with Gasteiger partial charge in [0.25, 0.3) is 0 Å². The SMILES string of the molecule is COC(=O)[C@H]([C@@H](C)c1c[nH]c2ccccc12)[N+](=O)[O-]. The molecule has 2 rings (SSSR count). The number of ether oxygens (including phenoxy) is 1. The molecule has 0 spiro atoms. The number of nitro groups is 1. The number of esters is 1. The van der Waals surface area contributed by atoms with Crippen LogP contribution < -0.4 is 0 Å². The first kappa shape index (κ1) is 13.1. The summed E-state index contributed by atoms with van der Waals surface area (Å²) in [4.78, 5) is 25.1. The summed E-state index contributed by atoms with van der Waals surface area (Å²) in [6.07, 6.45) is 1.70. The average molecular weight is 262 g/mol. The third kappa shape index (κ3) is 2.29. The van der Waals surface area contributed by atoms with Crippen LogP contribution in [-0.4, -0.2) is 29.0 Å². The molecule has 0 saturated carbocycles. The second-order valence-electron chi connectivity index (χ2n) is 4.33. The minimum Gasteiger partial charge on any atom is -0.464 e. The topological polar surface area (TPSA) is 85.2 Å². The summed E-state index contributed by atoms with van der Waals surface area (Å²) in [7, 11) is 1.15. The highest BCUT2D eigenvalue weighted by Gasteiger charge is 2.38. The third-order valence-electron chi connectivity index (χ3n) is 3.26. The molecule has 0 bridgehead atoms. The van der Waals surface area contributed by atoms with Gasteiger partial charge < -0.3 is 9.72 Å². The lowest BCUT2D eigenvalue weighted by molar-refractivity contribution is -0.513. The molecule has 2 atom stereocenters. The Morgan fingerprint density at radius 2 is 2.11 bits per heavy atom. The first-order valence-electron chi connectivity index (χ1n) is 5.83. The van der Waals surface area contributed by atoms with Gasteiger partial charge in [0.15, 0.2) is 0 Å². The number of benzene rings is 1. The summed E-state index contributed by atoms with van der Waals surface area (Å²) < 4.78 is 4.51. The number of hydrogen-bond donors (Lipinski definition) is 1. The number of aromatic amines is 1. The highest BCUT2D eigenvalue weighted by Crippen LogP contribution is 2.29. The van der Waals surface area contributed by atoms with Crippen LogP contribution in [0.15, 0.2) is 30.5 Å². The Morgan fingerprint density at radius 1 is 1.42 bits per heavy atom. The number of methoxy groups -OCH3 is 1. The van der Waals surface area contributed by atoms with Gasteiger partial charge in [-0.1, -0.05) is 25.1 Å². The minimum absolute atomic E-state index is 0.571. The van der Waals surface area contributed by atoms with Gasteiger partial charge in [0.1, 0.15) is 0 Å². The van der Waals surface area contributed by atoms with E-state index in [1.54, 1.807) is 13.1 Å². The van der Waals surface area contributed by atoms with Gasteiger partial charge >= 0.3 is 12.0 Å². The van der Waals surface area contributed by atoms with Gasteiger partial charge in [-0.3, -0.25) is 10.1 Å². The Balaban J connectivity index is 2.44. The van der Waals surface area contributed by atoms with Crippen LogP contribution in [0.4, 0.5) is 0 Å². The van der Waals surface area contributed by atoms with Crippen LogP contribution in [0.5, 0.6) is 0 Å². The van der Waals surface area contributed by atoms with E-state index in [1.165, 1.54) is 0 Å². The van der Waals surface area contributed by atoms with Crippen LogP contribution in [0.3, 0.4) is 0 Å². The molecule has 0 aliphatic carbocycles. The molecule has 0 unspecified atom stereocenters. The zero-order chi connectivity index (χ0) is 14.0. The van der Waals surface area contributed by atoms with Crippen molar-refractivity contribution >= 4 is 16.9 Å². The zero-order valence-corrected chi connectivity index (χ0v) is 10.6. The third-order valence-corrected chi connectivity index (χ3v) is 3.26. The maximum atomic E-state index is 11.6. The van der Waals surface area contributed by atoms with Crippen molar-refractivity contribution in [1.29, 1.82) is 0 Å². The lowest BCUT2D eigenvalue weighted by atomic mass is 9.93. The van der Waals surface area contributed by atoms with Gasteiger partial charge in [0, 0.05) is 22.0 Å². The number of carbonyl (C=O) groups is 1. The second-order valence-corrected chi connectivity index (χ2v) is 4.33. The van der Waals surface area contributed by atoms with Crippen LogP contribution in [0, 0.1) is 10.1 Å². The first-order chi connectivity index (χ1) is 9.06. The van der Waals surface area contributed by atoms with E-state index in [0.29, 0.717) is 0 Å². The fraction of sp³-hybridized carbons (Fsp3) is 0.308. The van der Waals surface area contributed by atoms with Gasteiger partial charge in [-0.2, -0.15) is 0 Å². The summed E-state index contributed by atoms with van der Waals surface area (Å²) >= 11 is 0. The normalized spacial score (nSPS) is 14.0. The number of fused-ring (bicyclic) bond motifs is 1. The van der Waals surface area contributed by atoms with Gasteiger partial charge in [0.2, 0.25) is 0 Å². The van der Waals surface area contributed by atoms with E-state index in [4.69, 9.17) is 0 Å². The van der Waals surface area contributed by atoms with Gasteiger partial charge in [-0.05, 0) is 11.6 Å². The van der Waals surface area contributed by atoms with Gasteiger partial charge in [0.05, 0.1) is 13.0 Å². The van der Waals surface area contributed by atoms with Crippen molar-refractivity contribution < 1.29 is 14.5 Å². The molecule has 0 aliphatic rings. The molecular weight excluding hydrogens is 248 g/mol. The van der Waals surface area contributed by atoms with Crippen LogP contribution in [-0.2, 0) is 9.53 Å². The van der Waals surface area contributed by atoms with Crippen molar-refractivity contribution in [1.82, 2.24) is 4.98 Å². The van der Waals surface area contributed by atoms with E-state index in [-0.39, 0.29) is 0 Å². The summed E-state index contributed by atoms with van der Waals surface area (Å²) in [5.41, 5.74) is 1.62. The summed E-state index contributed by atoms with van der Waals surface area (Å²) in [6, 6.07) is 6.07. The average Bonchev–Trinajstić information content (AvgIpc) is 2.81. The van der Waals surface area contributed by atoms with Crippen LogP contribution in [0.25, 0.3) is 10.9 Å². The molecule has 6 heteroatoms. The molecule has 1 heterocycles. The number of hydrogen-bond acceptors (Lipinski definition) is 4. The number of aromatic nitrogens is 1. The molecular formula is C13H14N2O4. The van der Waals surface area contributed by atoms with E-state index in [1.807, 2.05) is 24.3 Å². The molecule has 6 nitrogen and oxygen atoms in total. The number of para-hydroxylation sites is 1. The van der Waals surface area contributed by atoms with E-state index >= 15 is 0 Å². The van der Waals surface area contributed by atoms with Gasteiger partial charge in [-0.25, -0.2) is 4.79 Å². The second kappa shape index (κ2) is 5.09. The molecule has 0 aliphatic heterocycles. The van der Waals surface area contributed by atoms with Crippen molar-refractivity contribution in [2.75, 3.05) is 7.11 Å². The van der Waals surface area contributed by atoms with E-state index in [2.05, 4.69) is 9.72 Å². The van der Waals surface area contributed by atoms with Crippen molar-refractivity contribution in [3.05, 3.63) is 46.1 Å². The number of rotatable bonds is 4. The molecule has 0 fully saturated rings. The summed E-state index contributed by atoms with van der Waals surface area (Å²) in [5.74, 6) is -1.40. The molecule has 1 N–H and O–H groups in total. The largest absolute Gasteiger partial charge is 0.464 e. The molecule has 19 heavy (non-hydrogen) atoms. The number of nitrogens with one attached hydrogen (secondary N) is 1. The van der Waals surface area contributed by atoms with Crippen molar-refractivity contribution in [2.24, 2.45) is 0 Å². The van der Waals surface area contributed by atoms with Crippen LogP contribution in [0.1, 0.15) is 18.4 Å². The Labute approximate surface area is 109 Å². The lowest BCUT2D eigenvalue weighted by Gasteiger charge is -2.14. The Hall–Kier alpha value is -2.37. The maximum absolute atomic E-state index is 11.6. The summed E-state index contributed by atoms with van der Waals surface area (Å²) in [6.45, 7) is 1.65. The van der Waals surface area contributed by atoms with E-state index < -0.39 is 22.9 Å². The smallest absolute Gasteiger partial charge is 0.382 e. The number of carbonyl (C=O) groups excluding carboxylic acids is 1. The maximum Gasteiger partial charge on any atom is 0.382 e. The van der Waals surface area contributed by atoms with Gasteiger partial charge in [-0.15, -0.1) is 0 Å². The van der Waals surface area contributed by atoms with Crippen molar-refractivity contribution in [3.63, 3.8) is 0 Å². The highest BCUT2D eigenvalue weighted by atomic mass is 16.6. The molecule has 1 aromatic carbocycles. The fourth-order valence-electron chi connectivity index (χ4n) is 2.23. The molecule has 1 aromatic heterocycles. The first-order valence-corrected chi connectivity index (χ1v) is 5.83. The quantitative estimate of drug-likeness (QED) is 0.519.